The number of aromatic amines is 1. The van der Waals surface area contributed by atoms with E-state index in [2.05, 4.69) is 27.5 Å². The lowest BCUT2D eigenvalue weighted by Crippen LogP contribution is -2.18. The highest BCUT2D eigenvalue weighted by Gasteiger charge is 2.15. The molecule has 3 N–H and O–H groups in total. The lowest BCUT2D eigenvalue weighted by atomic mass is 10.2. The van der Waals surface area contributed by atoms with E-state index in [1.54, 1.807) is 12.4 Å². The Hall–Kier alpha value is -2.14. The van der Waals surface area contributed by atoms with Crippen LogP contribution in [0.5, 0.6) is 0 Å². The van der Waals surface area contributed by atoms with E-state index >= 15 is 0 Å². The van der Waals surface area contributed by atoms with Crippen molar-refractivity contribution < 1.29 is 0 Å². The summed E-state index contributed by atoms with van der Waals surface area (Å²) in [5.74, 6) is 1.83. The third kappa shape index (κ3) is 2.32. The Morgan fingerprint density at radius 2 is 2.20 bits per heavy atom. The largest absolute Gasteiger partial charge is 0.347 e. The predicted octanol–water partition coefficient (Wildman–Crippen LogP) is 2.41. The number of H-pyrrole nitrogens is 1. The number of nitrogens with two attached hydrogens (primary N) is 1. The summed E-state index contributed by atoms with van der Waals surface area (Å²) in [5, 5.41) is 0. The predicted molar refractivity (Wildman–Crippen MR) is 79.2 cm³/mol. The Morgan fingerprint density at radius 1 is 1.35 bits per heavy atom. The molecule has 5 nitrogen and oxygen atoms in total. The first kappa shape index (κ1) is 12.9. The number of aromatic nitrogens is 4. The molecule has 1 atom stereocenters. The van der Waals surface area contributed by atoms with E-state index in [1.807, 2.05) is 18.2 Å². The van der Waals surface area contributed by atoms with Gasteiger partial charge < -0.3 is 15.3 Å². The van der Waals surface area contributed by atoms with Gasteiger partial charge in [-0.25, -0.2) is 9.97 Å². The number of rotatable bonds is 5. The van der Waals surface area contributed by atoms with Gasteiger partial charge in [-0.15, -0.1) is 0 Å². The zero-order valence-electron chi connectivity index (χ0n) is 11.6. The van der Waals surface area contributed by atoms with E-state index in [9.17, 15) is 0 Å². The maximum atomic E-state index is 6.21. The van der Waals surface area contributed by atoms with Gasteiger partial charge in [0.2, 0.25) is 0 Å². The summed E-state index contributed by atoms with van der Waals surface area (Å²) in [4.78, 5) is 12.0. The highest BCUT2D eigenvalue weighted by atomic mass is 15.1. The molecule has 0 radical (unpaired) electrons. The minimum atomic E-state index is -0.155. The molecule has 0 spiro atoms. The van der Waals surface area contributed by atoms with Gasteiger partial charge in [-0.1, -0.05) is 19.1 Å². The molecule has 5 heteroatoms. The minimum Gasteiger partial charge on any atom is -0.347 e. The Labute approximate surface area is 117 Å². The van der Waals surface area contributed by atoms with E-state index in [0.29, 0.717) is 6.42 Å². The fourth-order valence-corrected chi connectivity index (χ4v) is 2.53. The van der Waals surface area contributed by atoms with Crippen LogP contribution in [0.2, 0.25) is 0 Å². The van der Waals surface area contributed by atoms with Crippen molar-refractivity contribution in [2.24, 2.45) is 5.73 Å². The highest BCUT2D eigenvalue weighted by Crippen LogP contribution is 2.20. The molecule has 3 aromatic rings. The smallest absolute Gasteiger partial charge is 0.123 e. The van der Waals surface area contributed by atoms with Gasteiger partial charge >= 0.3 is 0 Å². The number of imidazole rings is 2. The van der Waals surface area contributed by atoms with Crippen molar-refractivity contribution in [1.29, 1.82) is 0 Å². The normalized spacial score (nSPS) is 12.9. The van der Waals surface area contributed by atoms with Crippen LogP contribution in [0.1, 0.15) is 31.0 Å². The van der Waals surface area contributed by atoms with Crippen LogP contribution in [-0.2, 0) is 13.0 Å². The molecule has 2 aromatic heterocycles. The maximum absolute atomic E-state index is 6.21. The van der Waals surface area contributed by atoms with Gasteiger partial charge in [0.15, 0.2) is 0 Å². The van der Waals surface area contributed by atoms with Crippen molar-refractivity contribution >= 4 is 11.0 Å². The second kappa shape index (κ2) is 5.46. The van der Waals surface area contributed by atoms with Crippen molar-refractivity contribution in [2.45, 2.75) is 32.4 Å². The molecule has 20 heavy (non-hydrogen) atoms. The van der Waals surface area contributed by atoms with E-state index < -0.39 is 0 Å². The van der Waals surface area contributed by atoms with E-state index in [1.165, 1.54) is 5.52 Å². The summed E-state index contributed by atoms with van der Waals surface area (Å²) >= 11 is 0. The van der Waals surface area contributed by atoms with Gasteiger partial charge in [-0.2, -0.15) is 0 Å². The first-order chi connectivity index (χ1) is 9.79. The standard InChI is InChI=1S/C15H19N5/c1-2-9-20-13-6-4-3-5-12(13)19-14(20)10-11(16)15-17-7-8-18-15/h3-8,11H,2,9-10,16H2,1H3,(H,17,18). The number of nitrogens with zero attached hydrogens (tertiary/aromatic N) is 3. The average Bonchev–Trinajstić information content (AvgIpc) is 3.08. The molecule has 0 saturated heterocycles. The first-order valence-electron chi connectivity index (χ1n) is 6.98. The summed E-state index contributed by atoms with van der Waals surface area (Å²) in [6.45, 7) is 3.13. The Morgan fingerprint density at radius 3 is 2.95 bits per heavy atom. The fourth-order valence-electron chi connectivity index (χ4n) is 2.53. The average molecular weight is 269 g/mol. The molecule has 0 fully saturated rings. The second-order valence-electron chi connectivity index (χ2n) is 4.95. The van der Waals surface area contributed by atoms with Crippen LogP contribution in [-0.4, -0.2) is 19.5 Å². The van der Waals surface area contributed by atoms with Crippen molar-refractivity contribution in [3.63, 3.8) is 0 Å². The summed E-state index contributed by atoms with van der Waals surface area (Å²) in [6.07, 6.45) is 5.28. The van der Waals surface area contributed by atoms with Crippen LogP contribution in [0.15, 0.2) is 36.7 Å². The molecule has 3 rings (SSSR count). The maximum Gasteiger partial charge on any atom is 0.123 e. The molecule has 2 heterocycles. The van der Waals surface area contributed by atoms with Crippen molar-refractivity contribution in [2.75, 3.05) is 0 Å². The summed E-state index contributed by atoms with van der Waals surface area (Å²) in [6, 6.07) is 8.06. The zero-order chi connectivity index (χ0) is 13.9. The molecular formula is C15H19N5. The SMILES string of the molecule is CCCn1c(CC(N)c2ncc[nH]2)nc2ccccc21. The number of hydrogen-bond acceptors (Lipinski definition) is 3. The highest BCUT2D eigenvalue weighted by molar-refractivity contribution is 5.75. The molecule has 1 aromatic carbocycles. The lowest BCUT2D eigenvalue weighted by molar-refractivity contribution is 0.595. The monoisotopic (exact) mass is 269 g/mol. The number of aryl methyl sites for hydroxylation is 1. The molecule has 0 saturated carbocycles. The summed E-state index contributed by atoms with van der Waals surface area (Å²) < 4.78 is 2.26. The Kier molecular flexibility index (Phi) is 3.52. The summed E-state index contributed by atoms with van der Waals surface area (Å²) in [5.41, 5.74) is 8.42. The van der Waals surface area contributed by atoms with Crippen molar-refractivity contribution in [3.05, 3.63) is 48.3 Å². The van der Waals surface area contributed by atoms with Gasteiger partial charge in [0.25, 0.3) is 0 Å². The van der Waals surface area contributed by atoms with Gasteiger partial charge in [0.05, 0.1) is 17.1 Å². The van der Waals surface area contributed by atoms with E-state index in [-0.39, 0.29) is 6.04 Å². The third-order valence-electron chi connectivity index (χ3n) is 3.45. The molecular weight excluding hydrogens is 250 g/mol. The van der Waals surface area contributed by atoms with Gasteiger partial charge in [-0.05, 0) is 18.6 Å². The van der Waals surface area contributed by atoms with Gasteiger partial charge in [0.1, 0.15) is 11.6 Å². The topological polar surface area (TPSA) is 72.5 Å². The second-order valence-corrected chi connectivity index (χ2v) is 4.95. The van der Waals surface area contributed by atoms with E-state index in [0.717, 1.165) is 30.1 Å². The van der Waals surface area contributed by atoms with Gasteiger partial charge in [0, 0.05) is 25.4 Å². The minimum absolute atomic E-state index is 0.155. The van der Waals surface area contributed by atoms with Gasteiger partial charge in [-0.3, -0.25) is 0 Å². The molecule has 104 valence electrons. The van der Waals surface area contributed by atoms with Crippen LogP contribution in [0.4, 0.5) is 0 Å². The van der Waals surface area contributed by atoms with Crippen molar-refractivity contribution in [1.82, 2.24) is 19.5 Å². The number of benzene rings is 1. The number of hydrogen-bond donors (Lipinski definition) is 2. The van der Waals surface area contributed by atoms with Crippen LogP contribution >= 0.6 is 0 Å². The van der Waals surface area contributed by atoms with Crippen molar-refractivity contribution in [3.8, 4) is 0 Å². The number of nitrogens with one attached hydrogen (secondary N) is 1. The lowest BCUT2D eigenvalue weighted by Gasteiger charge is -2.11. The quantitative estimate of drug-likeness (QED) is 0.747. The molecule has 0 amide bonds. The Balaban J connectivity index is 1.96. The molecule has 0 aliphatic carbocycles. The number of para-hydroxylation sites is 2. The van der Waals surface area contributed by atoms with E-state index in [4.69, 9.17) is 10.7 Å². The van der Waals surface area contributed by atoms with Crippen LogP contribution in [0, 0.1) is 0 Å². The molecule has 0 aliphatic rings. The Bertz CT molecular complexity index is 683. The molecule has 0 bridgehead atoms. The third-order valence-corrected chi connectivity index (χ3v) is 3.45. The number of fused-ring (bicyclic) bond motifs is 1. The van der Waals surface area contributed by atoms with Crippen LogP contribution in [0.3, 0.4) is 0 Å². The van der Waals surface area contributed by atoms with Crippen LogP contribution < -0.4 is 5.73 Å². The van der Waals surface area contributed by atoms with Crippen LogP contribution in [0.25, 0.3) is 11.0 Å². The summed E-state index contributed by atoms with van der Waals surface area (Å²) in [7, 11) is 0. The molecule has 0 aliphatic heterocycles. The molecule has 1 unspecified atom stereocenters. The first-order valence-corrected chi connectivity index (χ1v) is 6.98. The fraction of sp³-hybridized carbons (Fsp3) is 0.333. The zero-order valence-corrected chi connectivity index (χ0v) is 11.6.